The maximum atomic E-state index is 11.5. The molecule has 84 valence electrons. The van der Waals surface area contributed by atoms with E-state index in [1.54, 1.807) is 13.8 Å². The first kappa shape index (κ1) is 11.8. The minimum atomic E-state index is -0.445. The molecule has 1 heterocycles. The van der Waals surface area contributed by atoms with Crippen LogP contribution in [0, 0.1) is 5.41 Å². The molecule has 0 aromatic carbocycles. The maximum absolute atomic E-state index is 11.5. The van der Waals surface area contributed by atoms with E-state index in [1.807, 2.05) is 13.8 Å². The molecule has 0 aliphatic carbocycles. The Kier molecular flexibility index (Phi) is 3.17. The fourth-order valence-corrected chi connectivity index (χ4v) is 1.67. The van der Waals surface area contributed by atoms with Crippen molar-refractivity contribution in [1.82, 2.24) is 0 Å². The first-order valence-electron chi connectivity index (χ1n) is 4.95. The molecule has 0 amide bonds. The molecule has 0 atom stereocenters. The molecule has 0 bridgehead atoms. The van der Waals surface area contributed by atoms with Gasteiger partial charge in [0.1, 0.15) is 6.61 Å². The lowest BCUT2D eigenvalue weighted by molar-refractivity contribution is -0.140. The standard InChI is InChI=1S/C11H16O4/c1-5-14-9(12)7(2)8-10(13)15-6-11(8,3)4/h5-6H2,1-4H3/b8-7-. The summed E-state index contributed by atoms with van der Waals surface area (Å²) < 4.78 is 9.78. The Morgan fingerprint density at radius 2 is 2.13 bits per heavy atom. The fraction of sp³-hybridized carbons (Fsp3) is 0.636. The van der Waals surface area contributed by atoms with Crippen molar-refractivity contribution >= 4 is 11.9 Å². The quantitative estimate of drug-likeness (QED) is 0.513. The predicted octanol–water partition coefficient (Wildman–Crippen LogP) is 1.45. The van der Waals surface area contributed by atoms with Gasteiger partial charge < -0.3 is 9.47 Å². The molecular weight excluding hydrogens is 196 g/mol. The Morgan fingerprint density at radius 1 is 1.53 bits per heavy atom. The van der Waals surface area contributed by atoms with Gasteiger partial charge in [0.2, 0.25) is 0 Å². The van der Waals surface area contributed by atoms with E-state index < -0.39 is 17.4 Å². The van der Waals surface area contributed by atoms with E-state index in [4.69, 9.17) is 9.47 Å². The average Bonchev–Trinajstić information content (AvgIpc) is 2.40. The van der Waals surface area contributed by atoms with E-state index in [0.717, 1.165) is 0 Å². The summed E-state index contributed by atoms with van der Waals surface area (Å²) in [5.41, 5.74) is 0.374. The van der Waals surface area contributed by atoms with Crippen LogP contribution in [0.1, 0.15) is 27.7 Å². The Labute approximate surface area is 89.2 Å². The second kappa shape index (κ2) is 4.04. The molecular formula is C11H16O4. The van der Waals surface area contributed by atoms with E-state index in [1.165, 1.54) is 0 Å². The van der Waals surface area contributed by atoms with Crippen molar-refractivity contribution in [3.05, 3.63) is 11.1 Å². The second-order valence-corrected chi connectivity index (χ2v) is 4.18. The van der Waals surface area contributed by atoms with E-state index in [-0.39, 0.29) is 0 Å². The van der Waals surface area contributed by atoms with Crippen molar-refractivity contribution in [2.75, 3.05) is 13.2 Å². The minimum Gasteiger partial charge on any atom is -0.463 e. The number of esters is 2. The van der Waals surface area contributed by atoms with Gasteiger partial charge in [0.15, 0.2) is 0 Å². The number of hydrogen-bond acceptors (Lipinski definition) is 4. The molecule has 0 radical (unpaired) electrons. The topological polar surface area (TPSA) is 52.6 Å². The molecule has 4 nitrogen and oxygen atoms in total. The molecule has 1 rings (SSSR count). The lowest BCUT2D eigenvalue weighted by atomic mass is 9.84. The molecule has 1 aliphatic rings. The monoisotopic (exact) mass is 212 g/mol. The third-order valence-corrected chi connectivity index (χ3v) is 2.40. The van der Waals surface area contributed by atoms with Gasteiger partial charge in [0, 0.05) is 11.0 Å². The van der Waals surface area contributed by atoms with Crippen molar-refractivity contribution in [3.63, 3.8) is 0 Å². The van der Waals surface area contributed by atoms with Crippen molar-refractivity contribution in [2.24, 2.45) is 5.41 Å². The highest BCUT2D eigenvalue weighted by atomic mass is 16.5. The lowest BCUT2D eigenvalue weighted by Crippen LogP contribution is -2.19. The van der Waals surface area contributed by atoms with Crippen LogP contribution in [-0.4, -0.2) is 25.2 Å². The largest absolute Gasteiger partial charge is 0.463 e. The summed E-state index contributed by atoms with van der Waals surface area (Å²) in [4.78, 5) is 22.9. The highest BCUT2D eigenvalue weighted by molar-refractivity contribution is 6.02. The Morgan fingerprint density at radius 3 is 2.53 bits per heavy atom. The third-order valence-electron chi connectivity index (χ3n) is 2.40. The van der Waals surface area contributed by atoms with Crippen molar-refractivity contribution in [1.29, 1.82) is 0 Å². The number of carbonyl (C=O) groups excluding carboxylic acids is 2. The molecule has 0 spiro atoms. The molecule has 0 saturated carbocycles. The number of carbonyl (C=O) groups is 2. The van der Waals surface area contributed by atoms with Gasteiger partial charge in [0.25, 0.3) is 0 Å². The summed E-state index contributed by atoms with van der Waals surface area (Å²) in [6.07, 6.45) is 0. The van der Waals surface area contributed by atoms with Gasteiger partial charge in [0.05, 0.1) is 12.2 Å². The van der Waals surface area contributed by atoms with Crippen molar-refractivity contribution < 1.29 is 19.1 Å². The molecule has 15 heavy (non-hydrogen) atoms. The van der Waals surface area contributed by atoms with Crippen molar-refractivity contribution in [3.8, 4) is 0 Å². The molecule has 1 saturated heterocycles. The molecule has 1 fully saturated rings. The van der Waals surface area contributed by atoms with Crippen LogP contribution < -0.4 is 0 Å². The number of rotatable bonds is 2. The number of ether oxygens (including phenoxy) is 2. The summed E-state index contributed by atoms with van der Waals surface area (Å²) >= 11 is 0. The SMILES string of the molecule is CCOC(=O)/C(C)=C1/C(=O)OCC1(C)C. The highest BCUT2D eigenvalue weighted by Crippen LogP contribution is 2.36. The van der Waals surface area contributed by atoms with E-state index in [9.17, 15) is 9.59 Å². The summed E-state index contributed by atoms with van der Waals surface area (Å²) in [5, 5.41) is 0. The fourth-order valence-electron chi connectivity index (χ4n) is 1.67. The predicted molar refractivity (Wildman–Crippen MR) is 54.1 cm³/mol. The van der Waals surface area contributed by atoms with Gasteiger partial charge in [-0.05, 0) is 13.8 Å². The number of cyclic esters (lactones) is 1. The molecule has 0 aromatic rings. The summed E-state index contributed by atoms with van der Waals surface area (Å²) in [7, 11) is 0. The molecule has 0 unspecified atom stereocenters. The Balaban J connectivity index is 3.06. The van der Waals surface area contributed by atoms with Crippen LogP contribution in [0.2, 0.25) is 0 Å². The zero-order valence-corrected chi connectivity index (χ0v) is 9.55. The van der Waals surface area contributed by atoms with Crippen LogP contribution in [0.5, 0.6) is 0 Å². The van der Waals surface area contributed by atoms with Gasteiger partial charge in [-0.25, -0.2) is 9.59 Å². The minimum absolute atomic E-state index is 0.304. The Bertz CT molecular complexity index is 325. The van der Waals surface area contributed by atoms with Crippen LogP contribution in [0.15, 0.2) is 11.1 Å². The zero-order chi connectivity index (χ0) is 11.6. The van der Waals surface area contributed by atoms with Crippen LogP contribution in [0.25, 0.3) is 0 Å². The summed E-state index contributed by atoms with van der Waals surface area (Å²) in [6.45, 7) is 7.69. The van der Waals surface area contributed by atoms with Gasteiger partial charge in [-0.3, -0.25) is 0 Å². The van der Waals surface area contributed by atoms with Gasteiger partial charge >= 0.3 is 11.9 Å². The molecule has 4 heteroatoms. The number of hydrogen-bond donors (Lipinski definition) is 0. The van der Waals surface area contributed by atoms with Gasteiger partial charge in [-0.1, -0.05) is 13.8 Å². The second-order valence-electron chi connectivity index (χ2n) is 4.18. The van der Waals surface area contributed by atoms with Crippen LogP contribution >= 0.6 is 0 Å². The molecule has 0 aromatic heterocycles. The normalized spacial score (nSPS) is 22.3. The average molecular weight is 212 g/mol. The molecule has 1 aliphatic heterocycles. The third kappa shape index (κ3) is 2.19. The van der Waals surface area contributed by atoms with Crippen LogP contribution in [0.3, 0.4) is 0 Å². The van der Waals surface area contributed by atoms with E-state index in [2.05, 4.69) is 0 Å². The van der Waals surface area contributed by atoms with E-state index in [0.29, 0.717) is 24.4 Å². The highest BCUT2D eigenvalue weighted by Gasteiger charge is 2.40. The zero-order valence-electron chi connectivity index (χ0n) is 9.55. The summed E-state index contributed by atoms with van der Waals surface area (Å²) in [6, 6.07) is 0. The first-order valence-corrected chi connectivity index (χ1v) is 4.95. The molecule has 0 N–H and O–H groups in total. The van der Waals surface area contributed by atoms with Gasteiger partial charge in [-0.2, -0.15) is 0 Å². The smallest absolute Gasteiger partial charge is 0.335 e. The Hall–Kier alpha value is -1.32. The van der Waals surface area contributed by atoms with Crippen LogP contribution in [-0.2, 0) is 19.1 Å². The van der Waals surface area contributed by atoms with Crippen molar-refractivity contribution in [2.45, 2.75) is 27.7 Å². The van der Waals surface area contributed by atoms with Gasteiger partial charge in [-0.15, -0.1) is 0 Å². The van der Waals surface area contributed by atoms with Crippen LogP contribution in [0.4, 0.5) is 0 Å². The summed E-state index contributed by atoms with van der Waals surface area (Å²) in [5.74, 6) is -0.857. The lowest BCUT2D eigenvalue weighted by Gasteiger charge is -2.16. The van der Waals surface area contributed by atoms with E-state index >= 15 is 0 Å². The maximum Gasteiger partial charge on any atom is 0.335 e. The first-order chi connectivity index (χ1) is 6.90.